The molecule has 0 amide bonds. The second-order valence-electron chi connectivity index (χ2n) is 3.08. The highest BCUT2D eigenvalue weighted by molar-refractivity contribution is 6.35. The smallest absolute Gasteiger partial charge is 0.303 e. The zero-order valence-electron chi connectivity index (χ0n) is 8.24. The van der Waals surface area contributed by atoms with Gasteiger partial charge in [0.25, 0.3) is 0 Å². The van der Waals surface area contributed by atoms with Crippen molar-refractivity contribution in [2.75, 3.05) is 6.61 Å². The Hall–Kier alpha value is -1.13. The van der Waals surface area contributed by atoms with Gasteiger partial charge in [-0.15, -0.1) is 0 Å². The maximum absolute atomic E-state index is 10.2. The number of aromatic hydroxyl groups is 1. The molecule has 0 saturated heterocycles. The van der Waals surface area contributed by atoms with Gasteiger partial charge in [0.2, 0.25) is 0 Å². The molecule has 0 radical (unpaired) electrons. The van der Waals surface area contributed by atoms with Gasteiger partial charge in [-0.3, -0.25) is 4.79 Å². The van der Waals surface area contributed by atoms with Gasteiger partial charge >= 0.3 is 5.97 Å². The van der Waals surface area contributed by atoms with Crippen LogP contribution >= 0.6 is 23.2 Å². The molecule has 0 aliphatic heterocycles. The molecule has 2 N–H and O–H groups in total. The molecule has 16 heavy (non-hydrogen) atoms. The molecule has 0 saturated carbocycles. The molecule has 0 spiro atoms. The molecule has 0 fully saturated rings. The van der Waals surface area contributed by atoms with Gasteiger partial charge in [0, 0.05) is 18.6 Å². The fourth-order valence-electron chi connectivity index (χ4n) is 1.03. The van der Waals surface area contributed by atoms with Crippen molar-refractivity contribution < 1.29 is 19.7 Å². The summed E-state index contributed by atoms with van der Waals surface area (Å²) in [6, 6.07) is 2.66. The van der Waals surface area contributed by atoms with E-state index in [-0.39, 0.29) is 28.8 Å². The van der Waals surface area contributed by atoms with Crippen molar-refractivity contribution in [3.8, 4) is 11.5 Å². The Kier molecular flexibility index (Phi) is 4.71. The lowest BCUT2D eigenvalue weighted by Crippen LogP contribution is -2.02. The maximum Gasteiger partial charge on any atom is 0.303 e. The lowest BCUT2D eigenvalue weighted by atomic mass is 10.3. The Balaban J connectivity index is 2.54. The monoisotopic (exact) mass is 264 g/mol. The Morgan fingerprint density at radius 1 is 1.31 bits per heavy atom. The Morgan fingerprint density at radius 2 is 2.00 bits per heavy atom. The molecule has 1 aromatic carbocycles. The first-order chi connectivity index (χ1) is 7.50. The molecule has 1 aromatic rings. The Bertz CT molecular complexity index is 393. The summed E-state index contributed by atoms with van der Waals surface area (Å²) in [5, 5.41) is 18.0. The fourth-order valence-corrected chi connectivity index (χ4v) is 1.40. The number of carbonyl (C=O) groups is 1. The third kappa shape index (κ3) is 3.79. The number of phenolic OH excluding ortho intramolecular Hbond substituents is 1. The highest BCUT2D eigenvalue weighted by atomic mass is 35.5. The molecular formula is C10H10Cl2O4. The molecule has 4 nitrogen and oxygen atoms in total. The van der Waals surface area contributed by atoms with Gasteiger partial charge in [0.1, 0.15) is 11.5 Å². The average Bonchev–Trinajstić information content (AvgIpc) is 2.19. The van der Waals surface area contributed by atoms with Gasteiger partial charge in [-0.2, -0.15) is 0 Å². The Morgan fingerprint density at radius 3 is 2.62 bits per heavy atom. The van der Waals surface area contributed by atoms with Gasteiger partial charge in [0.15, 0.2) is 0 Å². The molecule has 0 aliphatic rings. The van der Waals surface area contributed by atoms with Gasteiger partial charge in [0.05, 0.1) is 16.7 Å². The van der Waals surface area contributed by atoms with Crippen LogP contribution in [0.2, 0.25) is 10.0 Å². The highest BCUT2D eigenvalue weighted by Gasteiger charge is 2.07. The number of phenols is 1. The molecule has 0 atom stereocenters. The van der Waals surface area contributed by atoms with E-state index in [9.17, 15) is 9.90 Å². The second-order valence-corrected chi connectivity index (χ2v) is 3.89. The average molecular weight is 265 g/mol. The van der Waals surface area contributed by atoms with E-state index >= 15 is 0 Å². The van der Waals surface area contributed by atoms with Crippen molar-refractivity contribution in [1.82, 2.24) is 0 Å². The molecule has 0 unspecified atom stereocenters. The minimum atomic E-state index is -0.876. The summed E-state index contributed by atoms with van der Waals surface area (Å²) in [4.78, 5) is 10.2. The predicted octanol–water partition coefficient (Wildman–Crippen LogP) is 2.94. The second kappa shape index (κ2) is 5.82. The van der Waals surface area contributed by atoms with Crippen LogP contribution in [0.4, 0.5) is 0 Å². The van der Waals surface area contributed by atoms with Crippen LogP contribution in [-0.2, 0) is 4.79 Å². The van der Waals surface area contributed by atoms with Crippen LogP contribution in [0.5, 0.6) is 11.5 Å². The summed E-state index contributed by atoms with van der Waals surface area (Å²) in [5.41, 5.74) is 0. The molecule has 0 bridgehead atoms. The normalized spacial score (nSPS) is 10.1. The number of halogens is 2. The molecular weight excluding hydrogens is 255 g/mol. The number of hydrogen-bond donors (Lipinski definition) is 2. The summed E-state index contributed by atoms with van der Waals surface area (Å²) in [5.74, 6) is -0.669. The highest BCUT2D eigenvalue weighted by Crippen LogP contribution is 2.34. The van der Waals surface area contributed by atoms with E-state index in [1.807, 2.05) is 0 Å². The number of carboxylic acids is 1. The predicted molar refractivity (Wildman–Crippen MR) is 60.5 cm³/mol. The first kappa shape index (κ1) is 12.9. The van der Waals surface area contributed by atoms with Gasteiger partial charge in [-0.25, -0.2) is 0 Å². The molecule has 88 valence electrons. The number of rotatable bonds is 5. The standard InChI is InChI=1S/C10H10Cl2O4/c11-6-5-9(7(12)4-8(6)13)16-3-1-2-10(14)15/h4-5,13H,1-3H2,(H,14,15). The minimum absolute atomic E-state index is 0.0312. The van der Waals surface area contributed by atoms with Gasteiger partial charge in [-0.1, -0.05) is 23.2 Å². The Labute approximate surface area is 102 Å². The number of aliphatic carboxylic acids is 1. The molecule has 0 aromatic heterocycles. The van der Waals surface area contributed by atoms with Crippen LogP contribution in [0.25, 0.3) is 0 Å². The van der Waals surface area contributed by atoms with Crippen molar-refractivity contribution in [3.05, 3.63) is 22.2 Å². The molecule has 1 rings (SSSR count). The van der Waals surface area contributed by atoms with E-state index in [2.05, 4.69) is 0 Å². The van der Waals surface area contributed by atoms with Crippen molar-refractivity contribution in [2.45, 2.75) is 12.8 Å². The summed E-state index contributed by atoms with van der Waals surface area (Å²) in [7, 11) is 0. The fraction of sp³-hybridized carbons (Fsp3) is 0.300. The van der Waals surface area contributed by atoms with E-state index in [1.54, 1.807) is 0 Å². The first-order valence-corrected chi connectivity index (χ1v) is 5.29. The van der Waals surface area contributed by atoms with E-state index in [0.717, 1.165) is 0 Å². The van der Waals surface area contributed by atoms with Crippen molar-refractivity contribution in [3.63, 3.8) is 0 Å². The van der Waals surface area contributed by atoms with E-state index in [0.29, 0.717) is 12.2 Å². The third-order valence-electron chi connectivity index (χ3n) is 1.79. The van der Waals surface area contributed by atoms with Crippen molar-refractivity contribution in [1.29, 1.82) is 0 Å². The van der Waals surface area contributed by atoms with Crippen LogP contribution in [0, 0.1) is 0 Å². The van der Waals surface area contributed by atoms with Gasteiger partial charge in [-0.05, 0) is 6.42 Å². The SMILES string of the molecule is O=C(O)CCCOc1cc(Cl)c(O)cc1Cl. The van der Waals surface area contributed by atoms with Crippen LogP contribution in [0.3, 0.4) is 0 Å². The zero-order chi connectivity index (χ0) is 12.1. The summed E-state index contributed by atoms with van der Waals surface area (Å²) < 4.78 is 5.23. The maximum atomic E-state index is 10.2. The summed E-state index contributed by atoms with van der Waals surface area (Å²) in [6.45, 7) is 0.229. The van der Waals surface area contributed by atoms with Crippen molar-refractivity contribution in [2.24, 2.45) is 0 Å². The molecule has 0 aliphatic carbocycles. The topological polar surface area (TPSA) is 66.8 Å². The number of carboxylic acid groups (broad SMARTS) is 1. The van der Waals surface area contributed by atoms with Crippen LogP contribution in [0.15, 0.2) is 12.1 Å². The van der Waals surface area contributed by atoms with E-state index in [1.165, 1.54) is 12.1 Å². The van der Waals surface area contributed by atoms with E-state index < -0.39 is 5.97 Å². The zero-order valence-corrected chi connectivity index (χ0v) is 9.75. The van der Waals surface area contributed by atoms with E-state index in [4.69, 9.17) is 33.0 Å². The first-order valence-electron chi connectivity index (χ1n) is 4.53. The third-order valence-corrected chi connectivity index (χ3v) is 2.39. The lowest BCUT2D eigenvalue weighted by molar-refractivity contribution is -0.137. The largest absolute Gasteiger partial charge is 0.506 e. The van der Waals surface area contributed by atoms with Crippen LogP contribution < -0.4 is 4.74 Å². The molecule has 6 heteroatoms. The van der Waals surface area contributed by atoms with Crippen LogP contribution in [-0.4, -0.2) is 22.8 Å². The van der Waals surface area contributed by atoms with Crippen LogP contribution in [0.1, 0.15) is 12.8 Å². The van der Waals surface area contributed by atoms with Crippen molar-refractivity contribution >= 4 is 29.2 Å². The van der Waals surface area contributed by atoms with Gasteiger partial charge < -0.3 is 14.9 Å². The quantitative estimate of drug-likeness (QED) is 0.803. The number of hydrogen-bond acceptors (Lipinski definition) is 3. The summed E-state index contributed by atoms with van der Waals surface area (Å²) in [6.07, 6.45) is 0.410. The number of benzene rings is 1. The molecule has 0 heterocycles. The minimum Gasteiger partial charge on any atom is -0.506 e. The summed E-state index contributed by atoms with van der Waals surface area (Å²) >= 11 is 11.4. The number of ether oxygens (including phenoxy) is 1. The lowest BCUT2D eigenvalue weighted by Gasteiger charge is -2.08.